The number of hydrogen-bond acceptors (Lipinski definition) is 17. The SMILES string of the molecule is CC[C@@H](C)[C@H](NC(=O)OC)C(=O)N1C[C@@H](C)C[C@H]1c1ncc(-c2ccc3c(c2)COc2cc4c(ccc5nc([C@@H]6C[C@H](COC)CN6C(=O)[C@@H](NC(=O)O)C(C)C)[nH]c54)cc2-3)[nH]1.CC[C@@H](C)[C@H](NC(=O)OC)C(=O)N1C[C@@H](C)C[C@H]1c1ncc(-c2ccc3c(c2)COc2cc4c(ccc5nc([C@@]6(C(C)(C)C)C[C@H](COC)CN6C(=O)O)[nH]c54)cc2-3)[nH]1. The van der Waals surface area contributed by atoms with E-state index in [1.165, 1.54) is 14.2 Å². The summed E-state index contributed by atoms with van der Waals surface area (Å²) < 4.78 is 33.5. The molecule has 9 N–H and O–H groups in total. The highest BCUT2D eigenvalue weighted by Crippen LogP contribution is 2.54. The Balaban J connectivity index is 0.000000188. The minimum Gasteiger partial charge on any atom is -0.488 e. The Morgan fingerprint density at radius 1 is 0.545 bits per heavy atom. The fourth-order valence-electron chi connectivity index (χ4n) is 19.3. The van der Waals surface area contributed by atoms with Gasteiger partial charge < -0.3 is 89.2 Å². The van der Waals surface area contributed by atoms with Crippen LogP contribution < -0.4 is 25.4 Å². The first-order valence-corrected chi connectivity index (χ1v) is 42.1. The Hall–Kier alpha value is -11.8. The van der Waals surface area contributed by atoms with Gasteiger partial charge in [-0.2, -0.15) is 0 Å². The summed E-state index contributed by atoms with van der Waals surface area (Å²) in [5, 5.41) is 31.8. The molecule has 0 unspecified atom stereocenters. The van der Waals surface area contributed by atoms with Crippen LogP contribution in [0.3, 0.4) is 0 Å². The van der Waals surface area contributed by atoms with Gasteiger partial charge in [0, 0.05) is 74.1 Å². The number of benzene rings is 6. The first-order chi connectivity index (χ1) is 57.9. The number of fused-ring (bicyclic) bond motifs is 12. The molecular formula is C91H111N15O15. The maximum absolute atomic E-state index is 14.0. The van der Waals surface area contributed by atoms with Crippen LogP contribution >= 0.6 is 0 Å². The van der Waals surface area contributed by atoms with Gasteiger partial charge in [0.1, 0.15) is 71.7 Å². The van der Waals surface area contributed by atoms with E-state index in [-0.39, 0.29) is 77.3 Å². The average Bonchev–Trinajstić information content (AvgIpc) is 1.55. The van der Waals surface area contributed by atoms with Crippen LogP contribution in [0.5, 0.6) is 11.5 Å². The monoisotopic (exact) mass is 1650 g/mol. The zero-order chi connectivity index (χ0) is 85.9. The smallest absolute Gasteiger partial charge is 0.408 e. The molecule has 6 aromatic carbocycles. The summed E-state index contributed by atoms with van der Waals surface area (Å²) in [6.07, 6.45) is 4.34. The van der Waals surface area contributed by atoms with Gasteiger partial charge in [-0.25, -0.2) is 39.1 Å². The molecule has 0 bridgehead atoms. The zero-order valence-electron chi connectivity index (χ0n) is 71.4. The number of likely N-dealkylation sites (tertiary alicyclic amines) is 4. The number of aromatic nitrogens is 8. The Kier molecular flexibility index (Phi) is 23.7. The number of methoxy groups -OCH3 is 4. The third-order valence-electron chi connectivity index (χ3n) is 26.0. The lowest BCUT2D eigenvalue weighted by atomic mass is 9.70. The summed E-state index contributed by atoms with van der Waals surface area (Å²) in [7, 11) is 5.89. The number of amides is 7. The van der Waals surface area contributed by atoms with E-state index in [9.17, 15) is 43.8 Å². The Bertz CT molecular complexity index is 5630. The van der Waals surface area contributed by atoms with Crippen molar-refractivity contribution in [2.75, 3.05) is 67.8 Å². The van der Waals surface area contributed by atoms with Gasteiger partial charge in [-0.15, -0.1) is 0 Å². The molecule has 16 rings (SSSR count). The minimum absolute atomic E-state index is 0.0411. The Labute approximate surface area is 702 Å². The number of alkyl carbamates (subject to hydrolysis) is 2. The molecule has 30 nitrogen and oxygen atoms in total. The summed E-state index contributed by atoms with van der Waals surface area (Å²) in [6.45, 7) is 25.7. The molecule has 30 heteroatoms. The van der Waals surface area contributed by atoms with E-state index < -0.39 is 53.5 Å². The van der Waals surface area contributed by atoms with Gasteiger partial charge >= 0.3 is 24.4 Å². The van der Waals surface area contributed by atoms with Crippen molar-refractivity contribution in [2.24, 2.45) is 46.8 Å². The molecule has 121 heavy (non-hydrogen) atoms. The van der Waals surface area contributed by atoms with Crippen molar-refractivity contribution in [3.8, 4) is 56.3 Å². The number of aromatic amines is 4. The van der Waals surface area contributed by atoms with Crippen LogP contribution in [0.25, 0.3) is 88.4 Å². The van der Waals surface area contributed by atoms with Gasteiger partial charge in [0.2, 0.25) is 17.7 Å². The van der Waals surface area contributed by atoms with Crippen LogP contribution in [0.4, 0.5) is 19.2 Å². The molecule has 4 aromatic heterocycles. The molecule has 6 aliphatic heterocycles. The first kappa shape index (κ1) is 84.2. The van der Waals surface area contributed by atoms with E-state index in [0.717, 1.165) is 130 Å². The molecule has 0 spiro atoms. The van der Waals surface area contributed by atoms with Crippen LogP contribution in [-0.4, -0.2) is 198 Å². The number of imidazole rings is 4. The van der Waals surface area contributed by atoms with E-state index >= 15 is 0 Å². The summed E-state index contributed by atoms with van der Waals surface area (Å²) in [6, 6.07) is 25.9. The van der Waals surface area contributed by atoms with Crippen LogP contribution in [-0.2, 0) is 52.1 Å². The molecule has 10 heterocycles. The van der Waals surface area contributed by atoms with E-state index in [2.05, 4.69) is 131 Å². The predicted octanol–water partition coefficient (Wildman–Crippen LogP) is 15.4. The van der Waals surface area contributed by atoms with E-state index in [1.807, 2.05) is 88.0 Å². The van der Waals surface area contributed by atoms with Crippen molar-refractivity contribution < 1.29 is 72.2 Å². The third-order valence-corrected chi connectivity index (χ3v) is 26.0. The van der Waals surface area contributed by atoms with Crippen molar-refractivity contribution in [2.45, 2.75) is 170 Å². The number of carboxylic acid groups (broad SMARTS) is 2. The highest BCUT2D eigenvalue weighted by Gasteiger charge is 2.58. The van der Waals surface area contributed by atoms with E-state index in [4.69, 9.17) is 48.4 Å². The van der Waals surface area contributed by atoms with Crippen molar-refractivity contribution in [1.82, 2.24) is 75.4 Å². The maximum Gasteiger partial charge on any atom is 0.408 e. The lowest BCUT2D eigenvalue weighted by molar-refractivity contribution is -0.136. The summed E-state index contributed by atoms with van der Waals surface area (Å²) in [5.41, 5.74) is 11.6. The third kappa shape index (κ3) is 16.0. The van der Waals surface area contributed by atoms with Gasteiger partial charge in [0.05, 0.1) is 91.4 Å². The van der Waals surface area contributed by atoms with Gasteiger partial charge in [-0.1, -0.05) is 125 Å². The fraction of sp³-hybridized carbons (Fsp3) is 0.484. The number of H-pyrrole nitrogens is 4. The molecule has 640 valence electrons. The predicted molar refractivity (Wildman–Crippen MR) is 456 cm³/mol. The maximum atomic E-state index is 14.0. The lowest BCUT2D eigenvalue weighted by Gasteiger charge is -2.45. The number of carbonyl (C=O) groups is 7. The van der Waals surface area contributed by atoms with Crippen molar-refractivity contribution in [1.29, 1.82) is 0 Å². The number of rotatable bonds is 21. The Morgan fingerprint density at radius 2 is 1.02 bits per heavy atom. The molecule has 0 radical (unpaired) electrons. The second-order valence-electron chi connectivity index (χ2n) is 35.4. The van der Waals surface area contributed by atoms with Crippen LogP contribution in [0.15, 0.2) is 97.3 Å². The number of carbonyl (C=O) groups excluding carboxylic acids is 5. The van der Waals surface area contributed by atoms with E-state index in [0.29, 0.717) is 95.2 Å². The van der Waals surface area contributed by atoms with Crippen molar-refractivity contribution >= 4 is 85.7 Å². The van der Waals surface area contributed by atoms with Gasteiger partial charge in [0.25, 0.3) is 0 Å². The molecule has 4 fully saturated rings. The molecule has 13 atom stereocenters. The molecule has 7 amide bonds. The molecular weight excluding hydrogens is 1540 g/mol. The van der Waals surface area contributed by atoms with Crippen molar-refractivity contribution in [3.05, 3.63) is 132 Å². The highest BCUT2D eigenvalue weighted by molar-refractivity contribution is 6.08. The molecule has 10 aromatic rings. The largest absolute Gasteiger partial charge is 0.488 e. The van der Waals surface area contributed by atoms with E-state index in [1.54, 1.807) is 24.0 Å². The van der Waals surface area contributed by atoms with Crippen LogP contribution in [0.2, 0.25) is 0 Å². The number of nitrogens with one attached hydrogen (secondary N) is 7. The van der Waals surface area contributed by atoms with Gasteiger partial charge in [-0.3, -0.25) is 19.3 Å². The van der Waals surface area contributed by atoms with Gasteiger partial charge in [-0.05, 0) is 153 Å². The second kappa shape index (κ2) is 34.0. The first-order valence-electron chi connectivity index (χ1n) is 42.1. The summed E-state index contributed by atoms with van der Waals surface area (Å²) in [5.74, 6) is 3.88. The van der Waals surface area contributed by atoms with Crippen molar-refractivity contribution in [3.63, 3.8) is 0 Å². The standard InChI is InChI=1S/C46H56N8O8.C45H55N7O7/c1-8-25(5)39(52-46(59)61-7)44(56)53-19-24(4)13-35(53)41-47-18-34(49-41)28-9-11-30-29(15-28)22-62-37-17-31-27(16-32(30)37)10-12-33-40(31)50-42(48-33)36-14-26(21-60-6)20-54(36)43(55)38(23(2)3)51-45(57)58;1-9-25(3)37(50-42(54)58-8)40(53)51-20-24(2)14-35(51)39-46-19-34(47-39)28-10-12-30-29(15-28)23-59-36-17-31-27(16-32(30)36)11-13-33-38(31)49-41(48-33)45(44(4,5)6)18-26(22-57-7)21-52(45)43(55)56/h9-12,15-18,23-26,35-36,38-39,51H,8,13-14,19-22H2,1-7H3,(H,47,49)(H,48,50)(H,52,59)(H,57,58);10-13,15-17,19,24-26,35,37H,9,14,18,20-23H2,1-8H3,(H,46,47)(H,48,49)(H,50,54)(H,55,56)/t24-,25+,26-,35-,36-,38-,39-;24-,25+,26-,35-,37-,45+/m00/s1. The molecule has 4 saturated heterocycles. The lowest BCUT2D eigenvalue weighted by Crippen LogP contribution is -2.53. The number of ether oxygens (including phenoxy) is 6. The molecule has 0 saturated carbocycles. The second-order valence-corrected chi connectivity index (χ2v) is 35.4. The Morgan fingerprint density at radius 3 is 1.48 bits per heavy atom. The minimum atomic E-state index is -1.24. The quantitative estimate of drug-likeness (QED) is 0.0323. The normalized spacial score (nSPS) is 21.8. The number of hydrogen-bond donors (Lipinski definition) is 9. The summed E-state index contributed by atoms with van der Waals surface area (Å²) >= 11 is 0. The highest BCUT2D eigenvalue weighted by atomic mass is 16.5. The molecule has 6 aliphatic rings. The zero-order valence-corrected chi connectivity index (χ0v) is 71.4. The topological polar surface area (TPSA) is 379 Å². The summed E-state index contributed by atoms with van der Waals surface area (Å²) in [4.78, 5) is 131. The van der Waals surface area contributed by atoms with Crippen LogP contribution in [0.1, 0.15) is 167 Å². The molecule has 0 aliphatic carbocycles. The number of nitrogens with zero attached hydrogens (tertiary/aromatic N) is 8. The van der Waals surface area contributed by atoms with Gasteiger partial charge in [0.15, 0.2) is 0 Å². The fourth-order valence-corrected chi connectivity index (χ4v) is 19.3. The van der Waals surface area contributed by atoms with Crippen LogP contribution in [0, 0.1) is 46.8 Å². The average molecular weight is 1650 g/mol.